The molecule has 1 N–H and O–H groups in total. The van der Waals surface area contributed by atoms with Crippen molar-refractivity contribution >= 4 is 29.5 Å². The third-order valence-electron chi connectivity index (χ3n) is 11.1. The summed E-state index contributed by atoms with van der Waals surface area (Å²) in [6, 6.07) is 6.56. The molecule has 3 fully saturated rings. The predicted molar refractivity (Wildman–Crippen MR) is 142 cm³/mol. The third kappa shape index (κ3) is 4.31. The monoisotopic (exact) mass is 514 g/mol. The minimum Gasteiger partial charge on any atom is -0.478 e. The molecule has 3 aliphatic carbocycles. The molecule has 0 heterocycles. The van der Waals surface area contributed by atoms with Gasteiger partial charge in [0.15, 0.2) is 0 Å². The molecule has 1 aromatic rings. The van der Waals surface area contributed by atoms with Gasteiger partial charge in [-0.25, -0.2) is 4.79 Å². The number of carboxylic acid groups (broad SMARTS) is 1. The molecule has 0 aromatic heterocycles. The van der Waals surface area contributed by atoms with E-state index in [2.05, 4.69) is 41.5 Å². The molecule has 8 atom stereocenters. The van der Waals surface area contributed by atoms with Crippen LogP contribution in [0.3, 0.4) is 0 Å². The molecular formula is C30H42O5S. The minimum absolute atomic E-state index is 0.0000949. The van der Waals surface area contributed by atoms with Crippen LogP contribution in [0, 0.1) is 39.9 Å². The van der Waals surface area contributed by atoms with E-state index in [9.17, 15) is 14.4 Å². The van der Waals surface area contributed by atoms with Gasteiger partial charge in [0.2, 0.25) is 0 Å². The average Bonchev–Trinajstić information content (AvgIpc) is 3.21. The van der Waals surface area contributed by atoms with E-state index in [0.717, 1.165) is 37.0 Å². The zero-order valence-electron chi connectivity index (χ0n) is 22.6. The van der Waals surface area contributed by atoms with Crippen molar-refractivity contribution in [2.24, 2.45) is 39.9 Å². The molecule has 3 saturated carbocycles. The second-order valence-corrected chi connectivity index (χ2v) is 13.4. The van der Waals surface area contributed by atoms with Crippen LogP contribution in [-0.4, -0.2) is 34.7 Å². The van der Waals surface area contributed by atoms with Gasteiger partial charge in [-0.3, -0.25) is 9.59 Å². The van der Waals surface area contributed by atoms with Gasteiger partial charge in [0.1, 0.15) is 11.9 Å². The Labute approximate surface area is 220 Å². The second-order valence-electron chi connectivity index (χ2n) is 12.3. The van der Waals surface area contributed by atoms with Gasteiger partial charge in [-0.05, 0) is 78.5 Å². The van der Waals surface area contributed by atoms with E-state index in [0.29, 0.717) is 30.0 Å². The van der Waals surface area contributed by atoms with Crippen molar-refractivity contribution in [3.8, 4) is 0 Å². The Hall–Kier alpha value is -1.82. The molecule has 4 rings (SSSR count). The van der Waals surface area contributed by atoms with Crippen molar-refractivity contribution in [3.05, 3.63) is 29.8 Å². The summed E-state index contributed by atoms with van der Waals surface area (Å²) in [5, 5.41) is 9.11. The lowest BCUT2D eigenvalue weighted by molar-refractivity contribution is -0.200. The lowest BCUT2D eigenvalue weighted by Gasteiger charge is -2.62. The number of thioether (sulfide) groups is 1. The average molecular weight is 515 g/mol. The number of hydrogen-bond acceptors (Lipinski definition) is 5. The van der Waals surface area contributed by atoms with E-state index in [-0.39, 0.29) is 45.6 Å². The second kappa shape index (κ2) is 9.81. The van der Waals surface area contributed by atoms with Crippen LogP contribution in [0.15, 0.2) is 29.2 Å². The number of carboxylic acids is 1. The Kier molecular flexibility index (Phi) is 7.42. The summed E-state index contributed by atoms with van der Waals surface area (Å²) in [5.41, 5.74) is -0.130. The van der Waals surface area contributed by atoms with Crippen LogP contribution < -0.4 is 0 Å². The fourth-order valence-electron chi connectivity index (χ4n) is 8.10. The maximum Gasteiger partial charge on any atom is 0.335 e. The normalized spacial score (nSPS) is 40.2. The highest BCUT2D eigenvalue weighted by Gasteiger charge is 2.67. The third-order valence-corrected chi connectivity index (χ3v) is 12.1. The molecule has 3 aliphatic rings. The van der Waals surface area contributed by atoms with Crippen LogP contribution >= 0.6 is 11.8 Å². The number of carbonyl (C=O) groups excluding carboxylic acids is 2. The summed E-state index contributed by atoms with van der Waals surface area (Å²) < 4.78 is 6.40. The molecule has 0 radical (unpaired) electrons. The van der Waals surface area contributed by atoms with Gasteiger partial charge in [-0.15, -0.1) is 11.8 Å². The number of rotatable bonds is 6. The number of aromatic carboxylic acids is 1. The summed E-state index contributed by atoms with van der Waals surface area (Å²) in [7, 11) is 0. The summed E-state index contributed by atoms with van der Waals surface area (Å²) >= 11 is 1.36. The molecule has 2 bridgehead atoms. The molecule has 0 amide bonds. The number of carbonyl (C=O) groups is 3. The number of ether oxygens (including phenoxy) is 1. The van der Waals surface area contributed by atoms with Crippen molar-refractivity contribution in [2.75, 3.05) is 5.75 Å². The van der Waals surface area contributed by atoms with Gasteiger partial charge < -0.3 is 9.84 Å². The highest BCUT2D eigenvalue weighted by atomic mass is 32.2. The van der Waals surface area contributed by atoms with Gasteiger partial charge in [0, 0.05) is 22.6 Å². The van der Waals surface area contributed by atoms with Gasteiger partial charge in [-0.1, -0.05) is 48.0 Å². The Bertz CT molecular complexity index is 1020. The van der Waals surface area contributed by atoms with Crippen molar-refractivity contribution < 1.29 is 24.2 Å². The van der Waals surface area contributed by atoms with Crippen molar-refractivity contribution in [2.45, 2.75) is 91.1 Å². The topological polar surface area (TPSA) is 80.7 Å². The first-order chi connectivity index (χ1) is 16.9. The summed E-state index contributed by atoms with van der Waals surface area (Å²) in [5.74, 6) is 0.426. The first-order valence-electron chi connectivity index (χ1n) is 13.6. The molecule has 3 unspecified atom stereocenters. The van der Waals surface area contributed by atoms with Crippen molar-refractivity contribution in [1.29, 1.82) is 0 Å². The van der Waals surface area contributed by atoms with Crippen molar-refractivity contribution in [3.63, 3.8) is 0 Å². The number of ketones is 1. The Morgan fingerprint density at radius 1 is 1.08 bits per heavy atom. The Morgan fingerprint density at radius 2 is 1.75 bits per heavy atom. The smallest absolute Gasteiger partial charge is 0.335 e. The number of Topliss-reactive ketones (excluding diaryl/α,β-unsaturated/α-hetero) is 1. The Balaban J connectivity index is 1.63. The van der Waals surface area contributed by atoms with Gasteiger partial charge >= 0.3 is 11.9 Å². The largest absolute Gasteiger partial charge is 0.478 e. The van der Waals surface area contributed by atoms with Crippen LogP contribution in [0.4, 0.5) is 0 Å². The lowest BCUT2D eigenvalue weighted by Crippen LogP contribution is -2.61. The predicted octanol–water partition coefficient (Wildman–Crippen LogP) is 6.88. The van der Waals surface area contributed by atoms with E-state index in [1.807, 2.05) is 0 Å². The highest BCUT2D eigenvalue weighted by molar-refractivity contribution is 8.00. The maximum absolute atomic E-state index is 13.5. The fourth-order valence-corrected chi connectivity index (χ4v) is 8.78. The lowest BCUT2D eigenvalue weighted by atomic mass is 9.42. The van der Waals surface area contributed by atoms with E-state index >= 15 is 0 Å². The van der Waals surface area contributed by atoms with E-state index in [1.54, 1.807) is 24.3 Å². The zero-order valence-corrected chi connectivity index (χ0v) is 23.5. The summed E-state index contributed by atoms with van der Waals surface area (Å²) in [6.45, 7) is 13.8. The van der Waals surface area contributed by atoms with E-state index in [4.69, 9.17) is 9.84 Å². The van der Waals surface area contributed by atoms with Gasteiger partial charge in [0.25, 0.3) is 0 Å². The molecular weight excluding hydrogens is 472 g/mol. The molecule has 36 heavy (non-hydrogen) atoms. The SMILES string of the molecule is CC[C@]1(C)C[C@@H](OC(=O)CSc2ccc(C(=O)O)cc2)[C@@]2(C)C(C)CCC3(CCC(=O)C32)[C@@H](C)[C@@H]1C. The highest BCUT2D eigenvalue weighted by Crippen LogP contribution is 2.69. The summed E-state index contributed by atoms with van der Waals surface area (Å²) in [6.07, 6.45) is 5.26. The van der Waals surface area contributed by atoms with Crippen molar-refractivity contribution in [1.82, 2.24) is 0 Å². The fraction of sp³-hybridized carbons (Fsp3) is 0.700. The molecule has 1 aromatic carbocycles. The quantitative estimate of drug-likeness (QED) is 0.329. The molecule has 0 saturated heterocycles. The molecule has 0 spiro atoms. The Morgan fingerprint density at radius 3 is 2.36 bits per heavy atom. The van der Waals surface area contributed by atoms with E-state index in [1.165, 1.54) is 11.8 Å². The summed E-state index contributed by atoms with van der Waals surface area (Å²) in [4.78, 5) is 38.8. The van der Waals surface area contributed by atoms with Crippen LogP contribution in [0.5, 0.6) is 0 Å². The maximum atomic E-state index is 13.5. The molecule has 5 nitrogen and oxygen atoms in total. The molecule has 0 aliphatic heterocycles. The number of esters is 1. The van der Waals surface area contributed by atoms with Crippen LogP contribution in [0.1, 0.15) is 90.4 Å². The van der Waals surface area contributed by atoms with Gasteiger partial charge in [-0.2, -0.15) is 0 Å². The zero-order chi connectivity index (χ0) is 26.5. The minimum atomic E-state index is -0.967. The molecule has 198 valence electrons. The van der Waals surface area contributed by atoms with Crippen LogP contribution in [0.25, 0.3) is 0 Å². The standard InChI is InChI=1S/C30H42O5S/c1-7-28(5)16-24(35-25(32)17-36-22-10-8-21(9-11-22)27(33)34)29(6)18(2)12-14-30(20(4)19(28)3)15-13-23(31)26(29)30/h8-11,18-20,24,26H,7,12-17H2,1-6H3,(H,33,34)/t18?,19-,20-,24+,26?,28+,29+,30?/m0/s1. The first kappa shape index (κ1) is 27.2. The number of hydrogen-bond donors (Lipinski definition) is 1. The molecule has 6 heteroatoms. The van der Waals surface area contributed by atoms with Gasteiger partial charge in [0.05, 0.1) is 11.3 Å². The number of benzene rings is 1. The first-order valence-corrected chi connectivity index (χ1v) is 14.6. The van der Waals surface area contributed by atoms with Crippen LogP contribution in [0.2, 0.25) is 0 Å². The van der Waals surface area contributed by atoms with E-state index < -0.39 is 5.97 Å². The van der Waals surface area contributed by atoms with Crippen LogP contribution in [-0.2, 0) is 14.3 Å².